The summed E-state index contributed by atoms with van der Waals surface area (Å²) in [7, 11) is 0. The van der Waals surface area contributed by atoms with Crippen LogP contribution >= 0.6 is 0 Å². The van der Waals surface area contributed by atoms with Crippen molar-refractivity contribution in [3.05, 3.63) is 206 Å². The van der Waals surface area contributed by atoms with Crippen LogP contribution in [0.3, 0.4) is 0 Å². The average molecular weight is 663 g/mol. The molecule has 0 unspecified atom stereocenters. The molecule has 10 rings (SSSR count). The lowest BCUT2D eigenvalue weighted by Crippen LogP contribution is -2.10. The summed E-state index contributed by atoms with van der Waals surface area (Å²) in [4.78, 5) is 2.40. The van der Waals surface area contributed by atoms with Crippen molar-refractivity contribution in [2.24, 2.45) is 0 Å². The number of hydrogen-bond donors (Lipinski definition) is 0. The molecule has 0 spiro atoms. The van der Waals surface area contributed by atoms with Gasteiger partial charge in [-0.1, -0.05) is 158 Å². The Bertz CT molecular complexity index is 2880. The first-order valence-corrected chi connectivity index (χ1v) is 17.9. The average Bonchev–Trinajstić information content (AvgIpc) is 3.57. The van der Waals surface area contributed by atoms with E-state index >= 15 is 0 Å². The Labute approximate surface area is 303 Å². The van der Waals surface area contributed by atoms with Gasteiger partial charge in [0.25, 0.3) is 0 Å². The molecule has 52 heavy (non-hydrogen) atoms. The second-order valence-electron chi connectivity index (χ2n) is 13.4. The zero-order chi connectivity index (χ0) is 34.4. The van der Waals surface area contributed by atoms with Crippen molar-refractivity contribution in [2.45, 2.75) is 0 Å². The van der Waals surface area contributed by atoms with Crippen molar-refractivity contribution < 1.29 is 0 Å². The van der Waals surface area contributed by atoms with E-state index in [1.54, 1.807) is 0 Å². The fourth-order valence-corrected chi connectivity index (χ4v) is 7.99. The van der Waals surface area contributed by atoms with Crippen LogP contribution in [0.25, 0.3) is 71.3 Å². The van der Waals surface area contributed by atoms with Gasteiger partial charge >= 0.3 is 0 Å². The van der Waals surface area contributed by atoms with Crippen LogP contribution in [0.4, 0.5) is 17.1 Å². The van der Waals surface area contributed by atoms with Gasteiger partial charge in [0.2, 0.25) is 0 Å². The van der Waals surface area contributed by atoms with E-state index in [1.807, 2.05) is 0 Å². The monoisotopic (exact) mass is 662 g/mol. The zero-order valence-electron chi connectivity index (χ0n) is 28.5. The number of fused-ring (bicyclic) bond motifs is 6. The van der Waals surface area contributed by atoms with Gasteiger partial charge in [-0.15, -0.1) is 0 Å². The van der Waals surface area contributed by atoms with Crippen molar-refractivity contribution in [1.82, 2.24) is 4.57 Å². The highest BCUT2D eigenvalue weighted by molar-refractivity contribution is 6.22. The highest BCUT2D eigenvalue weighted by Crippen LogP contribution is 2.44. The van der Waals surface area contributed by atoms with Crippen molar-refractivity contribution >= 4 is 60.4 Å². The fraction of sp³-hybridized carbons (Fsp3) is 0. The van der Waals surface area contributed by atoms with E-state index in [0.717, 1.165) is 22.7 Å². The fourth-order valence-electron chi connectivity index (χ4n) is 7.99. The third-order valence-electron chi connectivity index (χ3n) is 10.3. The number of aromatic nitrogens is 1. The van der Waals surface area contributed by atoms with E-state index in [9.17, 15) is 0 Å². The largest absolute Gasteiger partial charge is 0.310 e. The number of hydrogen-bond acceptors (Lipinski definition) is 1. The first-order chi connectivity index (χ1) is 25.8. The molecule has 0 radical (unpaired) electrons. The van der Waals surface area contributed by atoms with Crippen LogP contribution in [0.1, 0.15) is 0 Å². The van der Waals surface area contributed by atoms with Gasteiger partial charge < -0.3 is 9.47 Å². The number of nitrogens with zero attached hydrogens (tertiary/aromatic N) is 2. The predicted octanol–water partition coefficient (Wildman–Crippen LogP) is 13.9. The van der Waals surface area contributed by atoms with Crippen LogP contribution in [0.15, 0.2) is 206 Å². The van der Waals surface area contributed by atoms with Crippen LogP contribution in [0, 0.1) is 0 Å². The first kappa shape index (κ1) is 30.0. The van der Waals surface area contributed by atoms with E-state index in [-0.39, 0.29) is 0 Å². The van der Waals surface area contributed by atoms with Gasteiger partial charge in [0.1, 0.15) is 0 Å². The molecule has 0 saturated carbocycles. The predicted molar refractivity (Wildman–Crippen MR) is 221 cm³/mol. The van der Waals surface area contributed by atoms with Crippen molar-refractivity contribution in [1.29, 1.82) is 0 Å². The van der Waals surface area contributed by atoms with Crippen LogP contribution in [-0.2, 0) is 0 Å². The molecule has 244 valence electrons. The van der Waals surface area contributed by atoms with E-state index in [1.165, 1.54) is 65.6 Å². The number of benzene rings is 9. The van der Waals surface area contributed by atoms with E-state index in [2.05, 4.69) is 216 Å². The highest BCUT2D eigenvalue weighted by atomic mass is 15.1. The van der Waals surface area contributed by atoms with Crippen molar-refractivity contribution in [3.63, 3.8) is 0 Å². The first-order valence-electron chi connectivity index (χ1n) is 17.9. The molecule has 0 atom stereocenters. The summed E-state index contributed by atoms with van der Waals surface area (Å²) in [6, 6.07) is 74.6. The second kappa shape index (κ2) is 12.5. The van der Waals surface area contributed by atoms with E-state index < -0.39 is 0 Å². The highest BCUT2D eigenvalue weighted by Gasteiger charge is 2.20. The Morgan fingerprint density at radius 2 is 0.981 bits per heavy atom. The molecule has 0 aliphatic carbocycles. The molecule has 0 saturated heterocycles. The number of anilines is 3. The van der Waals surface area contributed by atoms with Crippen LogP contribution < -0.4 is 4.90 Å². The molecule has 0 bridgehead atoms. The van der Waals surface area contributed by atoms with Gasteiger partial charge in [-0.2, -0.15) is 0 Å². The Morgan fingerprint density at radius 3 is 1.79 bits per heavy atom. The molecule has 0 N–H and O–H groups in total. The van der Waals surface area contributed by atoms with Crippen LogP contribution in [0.2, 0.25) is 0 Å². The summed E-state index contributed by atoms with van der Waals surface area (Å²) < 4.78 is 2.44. The summed E-state index contributed by atoms with van der Waals surface area (Å²) in [5.74, 6) is 0. The summed E-state index contributed by atoms with van der Waals surface area (Å²) in [5, 5.41) is 7.42. The van der Waals surface area contributed by atoms with Gasteiger partial charge in [-0.25, -0.2) is 0 Å². The maximum atomic E-state index is 2.44. The number of rotatable bonds is 6. The SMILES string of the molecule is c1ccc(-c2ccc(N(c3cccc(-c4cccc5c4c4ccc6ccccc6c4n5-c4ccccc4)c3)c3cccc4ccccc34)cc2)cc1. The standard InChI is InChI=1S/C50H34N2/c1-3-14-35(15-4-1)36-28-31-41(32-29-36)51(47-26-12-18-37-16-7-9-23-43(37)47)42-22-11-19-39(34-42)44-25-13-27-48-49(44)46-33-30-38-17-8-10-24-45(38)50(46)52(48)40-20-5-2-6-21-40/h1-34H. The van der Waals surface area contributed by atoms with Gasteiger partial charge in [0.15, 0.2) is 0 Å². The summed E-state index contributed by atoms with van der Waals surface area (Å²) in [6.45, 7) is 0. The third kappa shape index (κ3) is 4.96. The van der Waals surface area contributed by atoms with E-state index in [4.69, 9.17) is 0 Å². The van der Waals surface area contributed by atoms with E-state index in [0.29, 0.717) is 0 Å². The van der Waals surface area contributed by atoms with Gasteiger partial charge in [0, 0.05) is 38.6 Å². The topological polar surface area (TPSA) is 8.17 Å². The maximum absolute atomic E-state index is 2.44. The quantitative estimate of drug-likeness (QED) is 0.172. The lowest BCUT2D eigenvalue weighted by atomic mass is 9.97. The van der Waals surface area contributed by atoms with Gasteiger partial charge in [-0.05, 0) is 81.6 Å². The molecule has 2 heteroatoms. The lowest BCUT2D eigenvalue weighted by molar-refractivity contribution is 1.19. The molecule has 0 amide bonds. The zero-order valence-corrected chi connectivity index (χ0v) is 28.5. The Balaban J connectivity index is 1.20. The smallest absolute Gasteiger partial charge is 0.0619 e. The third-order valence-corrected chi connectivity index (χ3v) is 10.3. The summed E-state index contributed by atoms with van der Waals surface area (Å²) >= 11 is 0. The minimum Gasteiger partial charge on any atom is -0.310 e. The Hall–Kier alpha value is -6.90. The molecule has 0 aliphatic heterocycles. The molecule has 10 aromatic rings. The molecule has 0 fully saturated rings. The Morgan fingerprint density at radius 1 is 0.365 bits per heavy atom. The second-order valence-corrected chi connectivity index (χ2v) is 13.4. The summed E-state index contributed by atoms with van der Waals surface area (Å²) in [6.07, 6.45) is 0. The Kier molecular flexibility index (Phi) is 7.18. The maximum Gasteiger partial charge on any atom is 0.0619 e. The lowest BCUT2D eigenvalue weighted by Gasteiger charge is -2.27. The van der Waals surface area contributed by atoms with Crippen LogP contribution in [-0.4, -0.2) is 4.57 Å². The van der Waals surface area contributed by atoms with Crippen molar-refractivity contribution in [3.8, 4) is 27.9 Å². The minimum atomic E-state index is 1.11. The number of para-hydroxylation sites is 1. The van der Waals surface area contributed by atoms with Crippen LogP contribution in [0.5, 0.6) is 0 Å². The molecule has 1 aromatic heterocycles. The molecular formula is C50H34N2. The van der Waals surface area contributed by atoms with Gasteiger partial charge in [-0.3, -0.25) is 0 Å². The molecule has 9 aromatic carbocycles. The van der Waals surface area contributed by atoms with Gasteiger partial charge in [0.05, 0.1) is 16.7 Å². The minimum absolute atomic E-state index is 1.11. The van der Waals surface area contributed by atoms with Crippen molar-refractivity contribution in [2.75, 3.05) is 4.90 Å². The molecule has 1 heterocycles. The molecular weight excluding hydrogens is 629 g/mol. The normalized spacial score (nSPS) is 11.5. The molecule has 0 aliphatic rings. The summed E-state index contributed by atoms with van der Waals surface area (Å²) in [5.41, 5.74) is 11.8. The molecule has 2 nitrogen and oxygen atoms in total.